The molecule has 3 N–H and O–H groups in total. The molecule has 5 heteroatoms. The number of carbonyl (C=O) groups is 1. The number of benzene rings is 1. The Morgan fingerprint density at radius 3 is 2.58 bits per heavy atom. The lowest BCUT2D eigenvalue weighted by Gasteiger charge is -2.42. The molecular weight excluding hydrogens is 240 g/mol. The van der Waals surface area contributed by atoms with Gasteiger partial charge in [0.15, 0.2) is 0 Å². The van der Waals surface area contributed by atoms with Gasteiger partial charge in [-0.3, -0.25) is 15.1 Å². The van der Waals surface area contributed by atoms with Crippen LogP contribution in [0.2, 0.25) is 0 Å². The smallest absolute Gasteiger partial charge is 0.235 e. The van der Waals surface area contributed by atoms with Crippen molar-refractivity contribution in [1.29, 1.82) is 0 Å². The van der Waals surface area contributed by atoms with Crippen molar-refractivity contribution in [3.63, 3.8) is 0 Å². The molecule has 0 bridgehead atoms. The van der Waals surface area contributed by atoms with E-state index in [1.807, 2.05) is 18.2 Å². The van der Waals surface area contributed by atoms with Crippen molar-refractivity contribution in [2.75, 3.05) is 26.2 Å². The number of nitrogens with one attached hydrogen (secondary N) is 3. The Morgan fingerprint density at radius 2 is 1.84 bits per heavy atom. The second kappa shape index (κ2) is 5.69. The van der Waals surface area contributed by atoms with Gasteiger partial charge in [-0.1, -0.05) is 30.3 Å². The van der Waals surface area contributed by atoms with Gasteiger partial charge in [-0.05, 0) is 5.56 Å². The van der Waals surface area contributed by atoms with Crippen molar-refractivity contribution in [1.82, 2.24) is 21.1 Å². The molecule has 2 heterocycles. The first-order chi connectivity index (χ1) is 9.34. The van der Waals surface area contributed by atoms with Crippen LogP contribution >= 0.6 is 0 Å². The summed E-state index contributed by atoms with van der Waals surface area (Å²) in [7, 11) is 0. The molecule has 2 aliphatic heterocycles. The van der Waals surface area contributed by atoms with E-state index in [0.717, 1.165) is 26.2 Å². The summed E-state index contributed by atoms with van der Waals surface area (Å²) < 4.78 is 0. The lowest BCUT2D eigenvalue weighted by Crippen LogP contribution is -2.59. The van der Waals surface area contributed by atoms with Crippen LogP contribution in [0.15, 0.2) is 30.3 Å². The predicted octanol–water partition coefficient (Wildman–Crippen LogP) is 0.0260. The van der Waals surface area contributed by atoms with Gasteiger partial charge in [-0.15, -0.1) is 0 Å². The summed E-state index contributed by atoms with van der Waals surface area (Å²) in [6.45, 7) is 4.01. The molecule has 2 atom stereocenters. The summed E-state index contributed by atoms with van der Waals surface area (Å²) in [6, 6.07) is 10.7. The topological polar surface area (TPSA) is 56.4 Å². The zero-order valence-corrected chi connectivity index (χ0v) is 10.9. The minimum atomic E-state index is 0.0794. The third-order valence-corrected chi connectivity index (χ3v) is 3.93. The van der Waals surface area contributed by atoms with Crippen molar-refractivity contribution < 1.29 is 4.79 Å². The Hall–Kier alpha value is -1.43. The molecule has 0 radical (unpaired) electrons. The quantitative estimate of drug-likeness (QED) is 0.702. The van der Waals surface area contributed by atoms with Gasteiger partial charge >= 0.3 is 0 Å². The zero-order valence-electron chi connectivity index (χ0n) is 10.9. The SMILES string of the molecule is O=C1CC(N2CCNCC2)C(c2ccccc2)NN1. The van der Waals surface area contributed by atoms with E-state index in [2.05, 4.69) is 33.2 Å². The van der Waals surface area contributed by atoms with Gasteiger partial charge in [0.1, 0.15) is 0 Å². The molecule has 19 heavy (non-hydrogen) atoms. The first-order valence-corrected chi connectivity index (χ1v) is 6.89. The summed E-state index contributed by atoms with van der Waals surface area (Å²) in [4.78, 5) is 14.1. The van der Waals surface area contributed by atoms with E-state index in [4.69, 9.17) is 0 Å². The van der Waals surface area contributed by atoms with E-state index in [1.54, 1.807) is 0 Å². The summed E-state index contributed by atoms with van der Waals surface area (Å²) in [6.07, 6.45) is 0.562. The fourth-order valence-electron chi connectivity index (χ4n) is 2.93. The van der Waals surface area contributed by atoms with Crippen LogP contribution in [0.25, 0.3) is 0 Å². The fourth-order valence-corrected chi connectivity index (χ4v) is 2.93. The third kappa shape index (κ3) is 2.78. The maximum atomic E-state index is 11.7. The van der Waals surface area contributed by atoms with Gasteiger partial charge in [-0.2, -0.15) is 0 Å². The number of carbonyl (C=O) groups excluding carboxylic acids is 1. The molecule has 3 rings (SSSR count). The average Bonchev–Trinajstić information content (AvgIpc) is 2.49. The Labute approximate surface area is 113 Å². The molecule has 2 aliphatic rings. The lowest BCUT2D eigenvalue weighted by atomic mass is 9.94. The number of nitrogens with zero attached hydrogens (tertiary/aromatic N) is 1. The number of piperazine rings is 1. The maximum absolute atomic E-state index is 11.7. The second-order valence-corrected chi connectivity index (χ2v) is 5.14. The Kier molecular flexibility index (Phi) is 3.77. The van der Waals surface area contributed by atoms with Crippen LogP contribution in [0.1, 0.15) is 18.0 Å². The van der Waals surface area contributed by atoms with E-state index in [1.165, 1.54) is 5.56 Å². The van der Waals surface area contributed by atoms with E-state index < -0.39 is 0 Å². The first-order valence-electron chi connectivity index (χ1n) is 6.89. The molecule has 1 aromatic carbocycles. The molecule has 0 aromatic heterocycles. The monoisotopic (exact) mass is 260 g/mol. The highest BCUT2D eigenvalue weighted by atomic mass is 16.2. The Bertz CT molecular complexity index is 430. The fraction of sp³-hybridized carbons (Fsp3) is 0.500. The Morgan fingerprint density at radius 1 is 1.11 bits per heavy atom. The van der Waals surface area contributed by atoms with Crippen LogP contribution in [0.5, 0.6) is 0 Å². The van der Waals surface area contributed by atoms with Crippen LogP contribution in [-0.4, -0.2) is 43.0 Å². The molecular formula is C14H20N4O. The number of rotatable bonds is 2. The second-order valence-electron chi connectivity index (χ2n) is 5.14. The van der Waals surface area contributed by atoms with Crippen molar-refractivity contribution >= 4 is 5.91 Å². The number of amides is 1. The third-order valence-electron chi connectivity index (χ3n) is 3.93. The molecule has 1 amide bonds. The average molecular weight is 260 g/mol. The highest BCUT2D eigenvalue weighted by molar-refractivity contribution is 5.77. The summed E-state index contributed by atoms with van der Waals surface area (Å²) in [5.41, 5.74) is 7.17. The standard InChI is InChI=1S/C14H20N4O/c19-13-10-12(18-8-6-15-7-9-18)14(17-16-13)11-4-2-1-3-5-11/h1-5,12,14-15,17H,6-10H2,(H,16,19). The Balaban J connectivity index is 1.81. The van der Waals surface area contributed by atoms with E-state index in [0.29, 0.717) is 6.42 Å². The highest BCUT2D eigenvalue weighted by Crippen LogP contribution is 2.25. The number of hydrogen-bond acceptors (Lipinski definition) is 4. The van der Waals surface area contributed by atoms with Crippen LogP contribution in [0, 0.1) is 0 Å². The normalized spacial score (nSPS) is 28.9. The van der Waals surface area contributed by atoms with Gasteiger partial charge in [0.05, 0.1) is 6.04 Å². The largest absolute Gasteiger partial charge is 0.314 e. The summed E-state index contributed by atoms with van der Waals surface area (Å²) in [5, 5.41) is 3.36. The van der Waals surface area contributed by atoms with E-state index in [-0.39, 0.29) is 18.0 Å². The molecule has 0 aliphatic carbocycles. The van der Waals surface area contributed by atoms with Crippen LogP contribution in [0.3, 0.4) is 0 Å². The highest BCUT2D eigenvalue weighted by Gasteiger charge is 2.34. The molecule has 2 unspecified atom stereocenters. The van der Waals surface area contributed by atoms with Gasteiger partial charge in [0, 0.05) is 38.6 Å². The van der Waals surface area contributed by atoms with Crippen molar-refractivity contribution in [2.45, 2.75) is 18.5 Å². The molecule has 1 aromatic rings. The number of hydrazine groups is 1. The maximum Gasteiger partial charge on any atom is 0.235 e. The minimum Gasteiger partial charge on any atom is -0.314 e. The van der Waals surface area contributed by atoms with Crippen LogP contribution in [-0.2, 0) is 4.79 Å². The van der Waals surface area contributed by atoms with Crippen molar-refractivity contribution in [3.8, 4) is 0 Å². The summed E-state index contributed by atoms with van der Waals surface area (Å²) >= 11 is 0. The van der Waals surface area contributed by atoms with Gasteiger partial charge in [0.25, 0.3) is 0 Å². The van der Waals surface area contributed by atoms with Gasteiger partial charge in [-0.25, -0.2) is 5.43 Å². The number of hydrogen-bond donors (Lipinski definition) is 3. The summed E-state index contributed by atoms with van der Waals surface area (Å²) in [5.74, 6) is 0.0794. The van der Waals surface area contributed by atoms with Crippen LogP contribution < -0.4 is 16.2 Å². The van der Waals surface area contributed by atoms with Gasteiger partial charge < -0.3 is 5.32 Å². The lowest BCUT2D eigenvalue weighted by molar-refractivity contribution is -0.126. The zero-order chi connectivity index (χ0) is 13.1. The molecule has 102 valence electrons. The molecule has 5 nitrogen and oxygen atoms in total. The van der Waals surface area contributed by atoms with Crippen molar-refractivity contribution in [2.24, 2.45) is 0 Å². The molecule has 0 spiro atoms. The molecule has 0 saturated carbocycles. The van der Waals surface area contributed by atoms with Gasteiger partial charge in [0.2, 0.25) is 5.91 Å². The van der Waals surface area contributed by atoms with E-state index >= 15 is 0 Å². The van der Waals surface area contributed by atoms with E-state index in [9.17, 15) is 4.79 Å². The first kappa shape index (κ1) is 12.6. The minimum absolute atomic E-state index is 0.0794. The predicted molar refractivity (Wildman–Crippen MR) is 73.3 cm³/mol. The molecule has 2 fully saturated rings. The van der Waals surface area contributed by atoms with Crippen molar-refractivity contribution in [3.05, 3.63) is 35.9 Å². The molecule has 2 saturated heterocycles. The van der Waals surface area contributed by atoms with Crippen LogP contribution in [0.4, 0.5) is 0 Å².